The number of ether oxygens (including phenoxy) is 1. The Morgan fingerprint density at radius 3 is 2.76 bits per heavy atom. The lowest BCUT2D eigenvalue weighted by Crippen LogP contribution is -2.67. The maximum absolute atomic E-state index is 12.6. The maximum atomic E-state index is 12.6. The van der Waals surface area contributed by atoms with Crippen molar-refractivity contribution in [2.75, 3.05) is 7.11 Å². The summed E-state index contributed by atoms with van der Waals surface area (Å²) >= 11 is 0. The van der Waals surface area contributed by atoms with E-state index in [1.165, 1.54) is 7.11 Å². The minimum Gasteiger partial charge on any atom is -0.481 e. The minimum atomic E-state index is -0.891. The predicted molar refractivity (Wildman–Crippen MR) is 77.6 cm³/mol. The van der Waals surface area contributed by atoms with Crippen molar-refractivity contribution >= 4 is 11.8 Å². The summed E-state index contributed by atoms with van der Waals surface area (Å²) in [5.74, 6) is 0.258. The van der Waals surface area contributed by atoms with Crippen LogP contribution in [0, 0.1) is 0 Å². The zero-order valence-corrected chi connectivity index (χ0v) is 12.8. The molecule has 1 aromatic heterocycles. The van der Waals surface area contributed by atoms with Crippen molar-refractivity contribution in [1.29, 1.82) is 0 Å². The maximum Gasteiger partial charge on any atom is 0.248 e. The molecular formula is C15H21N3O3. The molecule has 1 unspecified atom stereocenters. The highest BCUT2D eigenvalue weighted by molar-refractivity contribution is 5.99. The van der Waals surface area contributed by atoms with Crippen LogP contribution in [0.2, 0.25) is 0 Å². The summed E-state index contributed by atoms with van der Waals surface area (Å²) in [6, 6.07) is 3.18. The fourth-order valence-corrected chi connectivity index (χ4v) is 2.59. The molecule has 21 heavy (non-hydrogen) atoms. The molecule has 1 aliphatic rings. The van der Waals surface area contributed by atoms with E-state index >= 15 is 0 Å². The van der Waals surface area contributed by atoms with Gasteiger partial charge in [0.15, 0.2) is 0 Å². The van der Waals surface area contributed by atoms with Gasteiger partial charge in [0.1, 0.15) is 11.6 Å². The summed E-state index contributed by atoms with van der Waals surface area (Å²) in [7, 11) is 1.54. The van der Waals surface area contributed by atoms with Gasteiger partial charge in [-0.05, 0) is 26.3 Å². The summed E-state index contributed by atoms with van der Waals surface area (Å²) in [6.07, 6.45) is 2.20. The number of methoxy groups -OCH3 is 1. The van der Waals surface area contributed by atoms with Crippen molar-refractivity contribution in [2.45, 2.75) is 45.3 Å². The molecule has 6 nitrogen and oxygen atoms in total. The third-order valence-corrected chi connectivity index (χ3v) is 3.68. The number of nitrogens with one attached hydrogen (secondary N) is 1. The molecule has 2 heterocycles. The molecule has 1 fully saturated rings. The zero-order chi connectivity index (χ0) is 15.6. The van der Waals surface area contributed by atoms with Crippen LogP contribution in [-0.2, 0) is 16.1 Å². The predicted octanol–water partition coefficient (Wildman–Crippen LogP) is 1.11. The van der Waals surface area contributed by atoms with Crippen molar-refractivity contribution < 1.29 is 14.3 Å². The number of rotatable bonds is 4. The van der Waals surface area contributed by atoms with Crippen molar-refractivity contribution in [2.24, 2.45) is 0 Å². The highest BCUT2D eigenvalue weighted by Gasteiger charge is 2.44. The van der Waals surface area contributed by atoms with E-state index in [0.29, 0.717) is 18.8 Å². The molecule has 1 saturated heterocycles. The Morgan fingerprint density at radius 2 is 2.14 bits per heavy atom. The van der Waals surface area contributed by atoms with Crippen molar-refractivity contribution in [1.82, 2.24) is 15.2 Å². The molecule has 2 rings (SSSR count). The van der Waals surface area contributed by atoms with Crippen LogP contribution in [0.25, 0.3) is 0 Å². The topological polar surface area (TPSA) is 71.5 Å². The Bertz CT molecular complexity index is 557. The fraction of sp³-hybridized carbons (Fsp3) is 0.533. The first-order valence-corrected chi connectivity index (χ1v) is 7.01. The SMILES string of the molecule is CCC1C(=O)NC(C)(C)C(=O)N1Cc1cccnc1OC. The van der Waals surface area contributed by atoms with Crippen LogP contribution in [-0.4, -0.2) is 40.4 Å². The Balaban J connectivity index is 2.34. The molecule has 114 valence electrons. The van der Waals surface area contributed by atoms with Gasteiger partial charge in [0.2, 0.25) is 17.7 Å². The van der Waals surface area contributed by atoms with Gasteiger partial charge in [-0.1, -0.05) is 13.0 Å². The van der Waals surface area contributed by atoms with E-state index in [1.807, 2.05) is 13.0 Å². The number of nitrogens with zero attached hydrogens (tertiary/aromatic N) is 2. The highest BCUT2D eigenvalue weighted by atomic mass is 16.5. The summed E-state index contributed by atoms with van der Waals surface area (Å²) < 4.78 is 5.22. The van der Waals surface area contributed by atoms with Gasteiger partial charge in [0.25, 0.3) is 0 Å². The van der Waals surface area contributed by atoms with E-state index in [9.17, 15) is 9.59 Å². The van der Waals surface area contributed by atoms with Crippen molar-refractivity contribution in [3.8, 4) is 5.88 Å². The Morgan fingerprint density at radius 1 is 1.43 bits per heavy atom. The first kappa shape index (κ1) is 15.3. The van der Waals surface area contributed by atoms with Gasteiger partial charge >= 0.3 is 0 Å². The van der Waals surface area contributed by atoms with E-state index in [0.717, 1.165) is 5.56 Å². The number of pyridine rings is 1. The van der Waals surface area contributed by atoms with Crippen LogP contribution >= 0.6 is 0 Å². The summed E-state index contributed by atoms with van der Waals surface area (Å²) in [6.45, 7) is 5.63. The molecule has 2 amide bonds. The molecule has 1 aliphatic heterocycles. The normalized spacial score (nSPS) is 21.1. The monoisotopic (exact) mass is 291 g/mol. The summed E-state index contributed by atoms with van der Waals surface area (Å²) in [5, 5.41) is 2.77. The molecule has 1 aromatic rings. The smallest absolute Gasteiger partial charge is 0.248 e. The van der Waals surface area contributed by atoms with Gasteiger partial charge in [-0.3, -0.25) is 9.59 Å². The van der Waals surface area contributed by atoms with Gasteiger partial charge in [0, 0.05) is 11.8 Å². The Hall–Kier alpha value is -2.11. The molecule has 0 aromatic carbocycles. The molecular weight excluding hydrogens is 270 g/mol. The number of aromatic nitrogens is 1. The third kappa shape index (κ3) is 2.84. The quantitative estimate of drug-likeness (QED) is 0.902. The van der Waals surface area contributed by atoms with Crippen molar-refractivity contribution in [3.63, 3.8) is 0 Å². The number of piperazine rings is 1. The molecule has 6 heteroatoms. The van der Waals surface area contributed by atoms with Crippen molar-refractivity contribution in [3.05, 3.63) is 23.9 Å². The number of hydrogen-bond donors (Lipinski definition) is 1. The number of carbonyl (C=O) groups excluding carboxylic acids is 2. The second-order valence-electron chi connectivity index (χ2n) is 5.64. The van der Waals surface area contributed by atoms with E-state index in [4.69, 9.17) is 4.74 Å². The van der Waals surface area contributed by atoms with Crippen LogP contribution in [0.4, 0.5) is 0 Å². The van der Waals surface area contributed by atoms with Gasteiger partial charge in [-0.2, -0.15) is 0 Å². The third-order valence-electron chi connectivity index (χ3n) is 3.68. The van der Waals surface area contributed by atoms with E-state index in [-0.39, 0.29) is 11.8 Å². The van der Waals surface area contributed by atoms with E-state index in [2.05, 4.69) is 10.3 Å². The van der Waals surface area contributed by atoms with Gasteiger partial charge in [-0.15, -0.1) is 0 Å². The Kier molecular flexibility index (Phi) is 4.16. The fourth-order valence-electron chi connectivity index (χ4n) is 2.59. The van der Waals surface area contributed by atoms with E-state index in [1.54, 1.807) is 31.0 Å². The lowest BCUT2D eigenvalue weighted by atomic mass is 9.95. The molecule has 0 spiro atoms. The first-order chi connectivity index (χ1) is 9.90. The minimum absolute atomic E-state index is 0.0974. The molecule has 1 N–H and O–H groups in total. The van der Waals surface area contributed by atoms with Crippen LogP contribution in [0.3, 0.4) is 0 Å². The van der Waals surface area contributed by atoms with E-state index < -0.39 is 11.6 Å². The van der Waals surface area contributed by atoms with Crippen LogP contribution in [0.5, 0.6) is 5.88 Å². The number of amides is 2. The zero-order valence-electron chi connectivity index (χ0n) is 12.8. The second-order valence-corrected chi connectivity index (χ2v) is 5.64. The van der Waals surface area contributed by atoms with Gasteiger partial charge < -0.3 is 15.0 Å². The lowest BCUT2D eigenvalue weighted by molar-refractivity contribution is -0.154. The lowest BCUT2D eigenvalue weighted by Gasteiger charge is -2.42. The molecule has 0 bridgehead atoms. The van der Waals surface area contributed by atoms with Crippen LogP contribution in [0.1, 0.15) is 32.8 Å². The summed E-state index contributed by atoms with van der Waals surface area (Å²) in [5.41, 5.74) is -0.102. The molecule has 1 atom stereocenters. The number of carbonyl (C=O) groups is 2. The van der Waals surface area contributed by atoms with Gasteiger partial charge in [-0.25, -0.2) is 4.98 Å². The highest BCUT2D eigenvalue weighted by Crippen LogP contribution is 2.24. The van der Waals surface area contributed by atoms with Crippen LogP contribution < -0.4 is 10.1 Å². The molecule has 0 saturated carbocycles. The average molecular weight is 291 g/mol. The Labute approximate surface area is 124 Å². The second kappa shape index (κ2) is 5.71. The standard InChI is InChI=1S/C15H21N3O3/c1-5-11-12(19)17-15(2,3)14(20)18(11)9-10-7-6-8-16-13(10)21-4/h6-8,11H,5,9H2,1-4H3,(H,17,19). The van der Waals surface area contributed by atoms with Gasteiger partial charge in [0.05, 0.1) is 13.7 Å². The molecule has 0 aliphatic carbocycles. The first-order valence-electron chi connectivity index (χ1n) is 7.01. The summed E-state index contributed by atoms with van der Waals surface area (Å²) in [4.78, 5) is 30.5. The average Bonchev–Trinajstić information content (AvgIpc) is 2.45. The van der Waals surface area contributed by atoms with Crippen LogP contribution in [0.15, 0.2) is 18.3 Å². The number of hydrogen-bond acceptors (Lipinski definition) is 4. The molecule has 0 radical (unpaired) electrons. The largest absolute Gasteiger partial charge is 0.481 e.